The molecule has 0 spiro atoms. The van der Waals surface area contributed by atoms with E-state index in [4.69, 9.17) is 10.2 Å². The fraction of sp³-hybridized carbons (Fsp3) is 0.200. The second-order valence-corrected chi connectivity index (χ2v) is 3.97. The maximum absolute atomic E-state index is 5.61. The van der Waals surface area contributed by atoms with Crippen molar-refractivity contribution in [2.24, 2.45) is 5.73 Å². The number of hydrogen-bond donors (Lipinski definition) is 1. The summed E-state index contributed by atoms with van der Waals surface area (Å²) in [5.74, 6) is 0. The number of nitrogens with zero attached hydrogens (tertiary/aromatic N) is 2. The van der Waals surface area contributed by atoms with Gasteiger partial charge in [-0.1, -0.05) is 6.07 Å². The number of pyridine rings is 1. The number of hydrogen-bond acceptors (Lipinski definition) is 5. The molecule has 0 saturated heterocycles. The number of aryl methyl sites for hydroxylation is 1. The van der Waals surface area contributed by atoms with Crippen LogP contribution in [-0.2, 0) is 6.54 Å². The third-order valence-corrected chi connectivity index (χ3v) is 2.77. The van der Waals surface area contributed by atoms with Crippen molar-refractivity contribution < 1.29 is 4.42 Å². The van der Waals surface area contributed by atoms with Crippen molar-refractivity contribution in [3.63, 3.8) is 0 Å². The van der Waals surface area contributed by atoms with Gasteiger partial charge < -0.3 is 10.2 Å². The van der Waals surface area contributed by atoms with Crippen molar-refractivity contribution in [3.05, 3.63) is 35.9 Å². The van der Waals surface area contributed by atoms with Gasteiger partial charge in [-0.25, -0.2) is 9.97 Å². The summed E-state index contributed by atoms with van der Waals surface area (Å²) in [6.07, 6.45) is 3.35. The quantitative estimate of drug-likeness (QED) is 0.858. The molecule has 0 aliphatic heterocycles. The second-order valence-electron chi connectivity index (χ2n) is 3.03. The van der Waals surface area contributed by atoms with Crippen molar-refractivity contribution in [1.82, 2.24) is 9.97 Å². The van der Waals surface area contributed by atoms with Crippen LogP contribution in [0.25, 0.3) is 0 Å². The molecule has 0 bridgehead atoms. The van der Waals surface area contributed by atoms with Gasteiger partial charge in [0.05, 0.1) is 5.69 Å². The molecule has 2 aromatic heterocycles. The van der Waals surface area contributed by atoms with Gasteiger partial charge in [0.25, 0.3) is 5.22 Å². The Balaban J connectivity index is 2.23. The topological polar surface area (TPSA) is 64.9 Å². The van der Waals surface area contributed by atoms with E-state index in [0.29, 0.717) is 11.8 Å². The highest BCUT2D eigenvalue weighted by Gasteiger charge is 2.08. The Morgan fingerprint density at radius 3 is 3.07 bits per heavy atom. The molecule has 2 N–H and O–H groups in total. The van der Waals surface area contributed by atoms with Gasteiger partial charge >= 0.3 is 0 Å². The summed E-state index contributed by atoms with van der Waals surface area (Å²) >= 11 is 1.39. The third kappa shape index (κ3) is 2.37. The molecule has 0 radical (unpaired) electrons. The molecule has 2 rings (SSSR count). The second kappa shape index (κ2) is 4.46. The number of rotatable bonds is 3. The van der Waals surface area contributed by atoms with Gasteiger partial charge in [0, 0.05) is 12.7 Å². The minimum atomic E-state index is 0.468. The van der Waals surface area contributed by atoms with E-state index >= 15 is 0 Å². The Morgan fingerprint density at radius 1 is 1.53 bits per heavy atom. The molecular formula is C10H11N3OS. The molecule has 0 amide bonds. The lowest BCUT2D eigenvalue weighted by Crippen LogP contribution is -1.99. The van der Waals surface area contributed by atoms with E-state index < -0.39 is 0 Å². The predicted molar refractivity (Wildman–Crippen MR) is 57.5 cm³/mol. The first-order valence-electron chi connectivity index (χ1n) is 4.53. The average Bonchev–Trinajstić information content (AvgIpc) is 2.65. The molecule has 78 valence electrons. The van der Waals surface area contributed by atoms with Gasteiger partial charge in [-0.15, -0.1) is 0 Å². The first-order valence-corrected chi connectivity index (χ1v) is 5.35. The van der Waals surface area contributed by atoms with Crippen LogP contribution < -0.4 is 5.73 Å². The molecule has 4 nitrogen and oxygen atoms in total. The first kappa shape index (κ1) is 10.2. The monoisotopic (exact) mass is 221 g/mol. The van der Waals surface area contributed by atoms with Gasteiger partial charge in [0.15, 0.2) is 0 Å². The molecular weight excluding hydrogens is 210 g/mol. The maximum atomic E-state index is 5.61. The van der Waals surface area contributed by atoms with E-state index in [1.807, 2.05) is 19.1 Å². The van der Waals surface area contributed by atoms with Gasteiger partial charge in [-0.05, 0) is 30.3 Å². The maximum Gasteiger partial charge on any atom is 0.262 e. The third-order valence-electron chi connectivity index (χ3n) is 1.85. The van der Waals surface area contributed by atoms with Crippen LogP contribution in [0, 0.1) is 6.92 Å². The minimum absolute atomic E-state index is 0.468. The van der Waals surface area contributed by atoms with Gasteiger partial charge in [0.1, 0.15) is 11.3 Å². The van der Waals surface area contributed by atoms with E-state index in [-0.39, 0.29) is 0 Å². The number of aromatic nitrogens is 2. The summed E-state index contributed by atoms with van der Waals surface area (Å²) in [5.41, 5.74) is 7.47. The van der Waals surface area contributed by atoms with E-state index in [1.54, 1.807) is 12.5 Å². The normalized spacial score (nSPS) is 10.5. The van der Waals surface area contributed by atoms with Gasteiger partial charge in [0.2, 0.25) is 0 Å². The van der Waals surface area contributed by atoms with Crippen LogP contribution in [0.15, 0.2) is 39.3 Å². The van der Waals surface area contributed by atoms with Crippen molar-refractivity contribution in [2.45, 2.75) is 23.7 Å². The van der Waals surface area contributed by atoms with E-state index in [0.717, 1.165) is 16.3 Å². The largest absolute Gasteiger partial charge is 0.439 e. The lowest BCUT2D eigenvalue weighted by Gasteiger charge is -2.02. The molecule has 0 fully saturated rings. The molecule has 0 unspecified atom stereocenters. The Bertz CT molecular complexity index is 455. The summed E-state index contributed by atoms with van der Waals surface area (Å²) in [6.45, 7) is 2.35. The van der Waals surface area contributed by atoms with E-state index in [1.165, 1.54) is 11.8 Å². The van der Waals surface area contributed by atoms with Crippen LogP contribution in [0.3, 0.4) is 0 Å². The van der Waals surface area contributed by atoms with Crippen molar-refractivity contribution in [2.75, 3.05) is 0 Å². The Hall–Kier alpha value is -1.33. The Morgan fingerprint density at radius 2 is 2.40 bits per heavy atom. The highest BCUT2D eigenvalue weighted by molar-refractivity contribution is 7.99. The Kier molecular flexibility index (Phi) is 3.03. The standard InChI is InChI=1S/C10H11N3OS/c1-7-6-14-10(13-7)15-9-8(5-11)3-2-4-12-9/h2-4,6H,5,11H2,1H3. The minimum Gasteiger partial charge on any atom is -0.439 e. The fourth-order valence-corrected chi connectivity index (χ4v) is 1.98. The van der Waals surface area contributed by atoms with Crippen LogP contribution in [-0.4, -0.2) is 9.97 Å². The van der Waals surface area contributed by atoms with Crippen LogP contribution in [0.4, 0.5) is 0 Å². The molecule has 0 atom stereocenters. The van der Waals surface area contributed by atoms with E-state index in [2.05, 4.69) is 9.97 Å². The summed E-state index contributed by atoms with van der Waals surface area (Å²) in [5, 5.41) is 1.45. The lowest BCUT2D eigenvalue weighted by molar-refractivity contribution is 0.453. The smallest absolute Gasteiger partial charge is 0.262 e. The van der Waals surface area contributed by atoms with Crippen molar-refractivity contribution in [1.29, 1.82) is 0 Å². The predicted octanol–water partition coefficient (Wildman–Crippen LogP) is 1.99. The van der Waals surface area contributed by atoms with Gasteiger partial charge in [-0.3, -0.25) is 0 Å². The molecule has 0 aliphatic carbocycles. The number of oxazole rings is 1. The zero-order valence-corrected chi connectivity index (χ0v) is 9.12. The van der Waals surface area contributed by atoms with Crippen molar-refractivity contribution in [3.8, 4) is 0 Å². The van der Waals surface area contributed by atoms with Crippen LogP contribution in [0.5, 0.6) is 0 Å². The molecule has 0 aromatic carbocycles. The molecule has 5 heteroatoms. The molecule has 2 aromatic rings. The SMILES string of the molecule is Cc1coc(Sc2ncccc2CN)n1. The fourth-order valence-electron chi connectivity index (χ4n) is 1.13. The summed E-state index contributed by atoms with van der Waals surface area (Å²) < 4.78 is 5.24. The van der Waals surface area contributed by atoms with Crippen LogP contribution in [0.2, 0.25) is 0 Å². The number of nitrogens with two attached hydrogens (primary N) is 1. The lowest BCUT2D eigenvalue weighted by atomic mass is 10.3. The highest BCUT2D eigenvalue weighted by Crippen LogP contribution is 2.27. The zero-order chi connectivity index (χ0) is 10.7. The highest BCUT2D eigenvalue weighted by atomic mass is 32.2. The van der Waals surface area contributed by atoms with Crippen molar-refractivity contribution >= 4 is 11.8 Å². The molecule has 2 heterocycles. The average molecular weight is 221 g/mol. The molecule has 15 heavy (non-hydrogen) atoms. The molecule has 0 saturated carbocycles. The van der Waals surface area contributed by atoms with Crippen LogP contribution >= 0.6 is 11.8 Å². The molecule has 0 aliphatic rings. The Labute approximate surface area is 91.9 Å². The van der Waals surface area contributed by atoms with Gasteiger partial charge in [-0.2, -0.15) is 0 Å². The summed E-state index contributed by atoms with van der Waals surface area (Å²) in [7, 11) is 0. The summed E-state index contributed by atoms with van der Waals surface area (Å²) in [4.78, 5) is 8.43. The first-order chi connectivity index (χ1) is 7.29. The van der Waals surface area contributed by atoms with Crippen LogP contribution in [0.1, 0.15) is 11.3 Å². The zero-order valence-electron chi connectivity index (χ0n) is 8.30. The summed E-state index contributed by atoms with van der Waals surface area (Å²) in [6, 6.07) is 3.82. The van der Waals surface area contributed by atoms with E-state index in [9.17, 15) is 0 Å².